The first-order valence-electron chi connectivity index (χ1n) is 9.07. The number of amides is 2. The third-order valence-corrected chi connectivity index (χ3v) is 5.25. The molecule has 1 aromatic heterocycles. The third kappa shape index (κ3) is 3.91. The number of benzene rings is 1. The lowest BCUT2D eigenvalue weighted by molar-refractivity contribution is 0.126. The molecular formula is C20H24N6O. The lowest BCUT2D eigenvalue weighted by atomic mass is 9.81. The summed E-state index contributed by atoms with van der Waals surface area (Å²) in [6.45, 7) is 1.13. The van der Waals surface area contributed by atoms with Crippen LogP contribution in [0.3, 0.4) is 0 Å². The van der Waals surface area contributed by atoms with E-state index in [9.17, 15) is 4.79 Å². The summed E-state index contributed by atoms with van der Waals surface area (Å²) in [6, 6.07) is 12.2. The summed E-state index contributed by atoms with van der Waals surface area (Å²) in [7, 11) is 4.19. The Labute approximate surface area is 159 Å². The van der Waals surface area contributed by atoms with Crippen molar-refractivity contribution in [3.8, 4) is 6.07 Å². The zero-order valence-corrected chi connectivity index (χ0v) is 15.7. The lowest BCUT2D eigenvalue weighted by Crippen LogP contribution is -2.44. The second-order valence-electron chi connectivity index (χ2n) is 6.91. The molecule has 2 aromatic rings. The smallest absolute Gasteiger partial charge is 0.321 e. The van der Waals surface area contributed by atoms with Crippen LogP contribution in [0.5, 0.6) is 0 Å². The van der Waals surface area contributed by atoms with E-state index in [1.165, 1.54) is 18.0 Å². The number of hydrogen-bond acceptors (Lipinski definition) is 5. The summed E-state index contributed by atoms with van der Waals surface area (Å²) in [5, 5.41) is 11.9. The molecule has 0 aliphatic carbocycles. The number of nitrogens with zero attached hydrogens (tertiary/aromatic N) is 5. The van der Waals surface area contributed by atoms with Gasteiger partial charge in [0.15, 0.2) is 0 Å². The molecule has 0 spiro atoms. The Bertz CT molecular complexity index is 815. The van der Waals surface area contributed by atoms with Gasteiger partial charge in [-0.25, -0.2) is 14.8 Å². The van der Waals surface area contributed by atoms with Crippen molar-refractivity contribution in [3.63, 3.8) is 0 Å². The van der Waals surface area contributed by atoms with E-state index in [1.807, 2.05) is 12.1 Å². The average molecular weight is 364 g/mol. The molecule has 140 valence electrons. The van der Waals surface area contributed by atoms with Gasteiger partial charge in [-0.3, -0.25) is 9.80 Å². The molecule has 0 bridgehead atoms. The van der Waals surface area contributed by atoms with Crippen LogP contribution in [0.1, 0.15) is 30.7 Å². The van der Waals surface area contributed by atoms with E-state index in [2.05, 4.69) is 58.5 Å². The van der Waals surface area contributed by atoms with Crippen LogP contribution in [-0.4, -0.2) is 48.1 Å². The van der Waals surface area contributed by atoms with Crippen LogP contribution < -0.4 is 10.2 Å². The zero-order valence-electron chi connectivity index (χ0n) is 15.7. The SMILES string of the molecule is CN(C)[C@]1(c2ccccc2)CCCN(c2cnc(C#N)nc2)C(=O)NCC1. The number of carbonyl (C=O) groups excluding carboxylic acids is 1. The van der Waals surface area contributed by atoms with Gasteiger partial charge in [0.2, 0.25) is 5.82 Å². The maximum absolute atomic E-state index is 12.7. The van der Waals surface area contributed by atoms with Gasteiger partial charge in [-0.15, -0.1) is 0 Å². The number of anilines is 1. The molecule has 0 unspecified atom stereocenters. The highest BCUT2D eigenvalue weighted by atomic mass is 16.2. The fraction of sp³-hybridized carbons (Fsp3) is 0.400. The molecule has 7 heteroatoms. The fourth-order valence-corrected chi connectivity index (χ4v) is 3.73. The van der Waals surface area contributed by atoms with E-state index < -0.39 is 0 Å². The molecule has 3 rings (SSSR count). The van der Waals surface area contributed by atoms with Crippen molar-refractivity contribution in [1.82, 2.24) is 20.2 Å². The topological polar surface area (TPSA) is 85.2 Å². The summed E-state index contributed by atoms with van der Waals surface area (Å²) in [5.74, 6) is 0.0964. The summed E-state index contributed by atoms with van der Waals surface area (Å²) < 4.78 is 0. The molecule has 2 heterocycles. The third-order valence-electron chi connectivity index (χ3n) is 5.25. The first-order chi connectivity index (χ1) is 13.1. The van der Waals surface area contributed by atoms with Crippen molar-refractivity contribution in [2.24, 2.45) is 0 Å². The van der Waals surface area contributed by atoms with Crippen molar-refractivity contribution >= 4 is 11.7 Å². The molecule has 27 heavy (non-hydrogen) atoms. The average Bonchev–Trinajstić information content (AvgIpc) is 2.78. The predicted octanol–water partition coefficient (Wildman–Crippen LogP) is 2.51. The van der Waals surface area contributed by atoms with E-state index in [4.69, 9.17) is 5.26 Å². The van der Waals surface area contributed by atoms with Crippen LogP contribution >= 0.6 is 0 Å². The van der Waals surface area contributed by atoms with Crippen molar-refractivity contribution < 1.29 is 4.79 Å². The van der Waals surface area contributed by atoms with Gasteiger partial charge in [-0.2, -0.15) is 5.26 Å². The summed E-state index contributed by atoms with van der Waals surface area (Å²) in [5.41, 5.74) is 1.73. The van der Waals surface area contributed by atoms with Gasteiger partial charge < -0.3 is 5.32 Å². The van der Waals surface area contributed by atoms with Crippen LogP contribution in [0, 0.1) is 11.3 Å². The van der Waals surface area contributed by atoms with Crippen molar-refractivity contribution in [2.75, 3.05) is 32.1 Å². The van der Waals surface area contributed by atoms with Crippen LogP contribution in [0.4, 0.5) is 10.5 Å². The van der Waals surface area contributed by atoms with Gasteiger partial charge in [0.1, 0.15) is 6.07 Å². The van der Waals surface area contributed by atoms with Crippen LogP contribution in [0.25, 0.3) is 0 Å². The Morgan fingerprint density at radius 3 is 2.52 bits per heavy atom. The molecular weight excluding hydrogens is 340 g/mol. The van der Waals surface area contributed by atoms with Gasteiger partial charge >= 0.3 is 6.03 Å². The highest BCUT2D eigenvalue weighted by molar-refractivity contribution is 5.91. The standard InChI is InChI=1S/C20H24N6O/c1-25(2)20(16-7-4-3-5-8-16)9-6-12-26(19(27)22-11-10-20)17-14-23-18(13-21)24-15-17/h3-5,7-8,14-15H,6,9-12H2,1-2H3,(H,22,27)/t20-/m1/s1. The van der Waals surface area contributed by atoms with E-state index in [0.29, 0.717) is 18.8 Å². The quantitative estimate of drug-likeness (QED) is 0.904. The summed E-state index contributed by atoms with van der Waals surface area (Å²) >= 11 is 0. The number of aromatic nitrogens is 2. The number of nitrogens with one attached hydrogen (secondary N) is 1. The van der Waals surface area contributed by atoms with Gasteiger partial charge in [0.05, 0.1) is 18.1 Å². The molecule has 1 saturated heterocycles. The van der Waals surface area contributed by atoms with Gasteiger partial charge in [0, 0.05) is 18.6 Å². The predicted molar refractivity (Wildman–Crippen MR) is 103 cm³/mol. The molecule has 1 atom stereocenters. The second-order valence-corrected chi connectivity index (χ2v) is 6.91. The number of rotatable bonds is 3. The number of urea groups is 1. The Balaban J connectivity index is 1.85. The fourth-order valence-electron chi connectivity index (χ4n) is 3.73. The lowest BCUT2D eigenvalue weighted by Gasteiger charge is -2.41. The largest absolute Gasteiger partial charge is 0.338 e. The molecule has 0 radical (unpaired) electrons. The van der Waals surface area contributed by atoms with E-state index >= 15 is 0 Å². The van der Waals surface area contributed by atoms with Crippen molar-refractivity contribution in [2.45, 2.75) is 24.8 Å². The summed E-state index contributed by atoms with van der Waals surface area (Å²) in [4.78, 5) is 24.6. The Morgan fingerprint density at radius 1 is 1.19 bits per heavy atom. The highest BCUT2D eigenvalue weighted by Crippen LogP contribution is 2.35. The first-order valence-corrected chi connectivity index (χ1v) is 9.07. The van der Waals surface area contributed by atoms with Crippen LogP contribution in [0.15, 0.2) is 42.7 Å². The molecule has 1 aliphatic heterocycles. The molecule has 7 nitrogen and oxygen atoms in total. The van der Waals surface area contributed by atoms with E-state index in [-0.39, 0.29) is 17.4 Å². The van der Waals surface area contributed by atoms with E-state index in [0.717, 1.165) is 19.3 Å². The highest BCUT2D eigenvalue weighted by Gasteiger charge is 2.35. The van der Waals surface area contributed by atoms with Gasteiger partial charge in [0.25, 0.3) is 0 Å². The monoisotopic (exact) mass is 364 g/mol. The Morgan fingerprint density at radius 2 is 1.89 bits per heavy atom. The molecule has 1 aromatic carbocycles. The minimum Gasteiger partial charge on any atom is -0.338 e. The molecule has 1 aliphatic rings. The molecule has 1 fully saturated rings. The second kappa shape index (κ2) is 8.14. The normalized spacial score (nSPS) is 21.0. The first kappa shape index (κ1) is 18.8. The molecule has 0 saturated carbocycles. The minimum atomic E-state index is -0.161. The molecule has 2 amide bonds. The Hall–Kier alpha value is -2.98. The Kier molecular flexibility index (Phi) is 5.67. The van der Waals surface area contributed by atoms with Crippen molar-refractivity contribution in [3.05, 3.63) is 54.1 Å². The van der Waals surface area contributed by atoms with Gasteiger partial charge in [-0.1, -0.05) is 30.3 Å². The summed E-state index contributed by atoms with van der Waals surface area (Å²) in [6.07, 6.45) is 5.64. The minimum absolute atomic E-state index is 0.0964. The number of nitriles is 1. The van der Waals surface area contributed by atoms with Gasteiger partial charge in [-0.05, 0) is 38.9 Å². The number of hydrogen-bond donors (Lipinski definition) is 1. The van der Waals surface area contributed by atoms with Crippen LogP contribution in [0.2, 0.25) is 0 Å². The van der Waals surface area contributed by atoms with Crippen LogP contribution in [-0.2, 0) is 5.54 Å². The zero-order chi connectivity index (χ0) is 19.3. The molecule has 1 N–H and O–H groups in total. The maximum atomic E-state index is 12.7. The number of carbonyl (C=O) groups is 1. The maximum Gasteiger partial charge on any atom is 0.321 e. The van der Waals surface area contributed by atoms with Crippen molar-refractivity contribution in [1.29, 1.82) is 5.26 Å². The van der Waals surface area contributed by atoms with E-state index in [1.54, 1.807) is 4.90 Å².